The summed E-state index contributed by atoms with van der Waals surface area (Å²) < 4.78 is 11.0. The molecule has 2 fully saturated rings. The summed E-state index contributed by atoms with van der Waals surface area (Å²) in [5.74, 6) is 0.402. The molecule has 0 aliphatic carbocycles. The van der Waals surface area contributed by atoms with Crippen LogP contribution in [0.15, 0.2) is 16.9 Å². The molecular formula is C9H13N3O4. The molecule has 0 bridgehead atoms. The Morgan fingerprint density at radius 2 is 2.44 bits per heavy atom. The summed E-state index contributed by atoms with van der Waals surface area (Å²) >= 11 is 0. The van der Waals surface area contributed by atoms with Gasteiger partial charge in [0, 0.05) is 6.54 Å². The Labute approximate surface area is 91.8 Å². The zero-order chi connectivity index (χ0) is 11.3. The average molecular weight is 227 g/mol. The molecule has 3 heterocycles. The Kier molecular flexibility index (Phi) is 2.06. The molecule has 0 radical (unpaired) electrons. The van der Waals surface area contributed by atoms with Crippen LogP contribution in [0.3, 0.4) is 0 Å². The molecular weight excluding hydrogens is 214 g/mol. The lowest BCUT2D eigenvalue weighted by Gasteiger charge is -2.23. The van der Waals surface area contributed by atoms with Crippen LogP contribution in [0.5, 0.6) is 0 Å². The van der Waals surface area contributed by atoms with E-state index in [0.29, 0.717) is 18.4 Å². The number of aliphatic hydroxyl groups excluding tert-OH is 2. The van der Waals surface area contributed by atoms with Crippen molar-refractivity contribution >= 4 is 6.02 Å². The molecule has 2 saturated heterocycles. The monoisotopic (exact) mass is 227 g/mol. The number of aliphatic hydroxyl groups is 2. The van der Waals surface area contributed by atoms with Crippen LogP contribution in [0.4, 0.5) is 0 Å². The first kappa shape index (κ1) is 9.88. The van der Waals surface area contributed by atoms with Crippen molar-refractivity contribution in [2.45, 2.75) is 24.5 Å². The Morgan fingerprint density at radius 3 is 3.19 bits per heavy atom. The average Bonchev–Trinajstić information content (AvgIpc) is 2.75. The van der Waals surface area contributed by atoms with Crippen LogP contribution in [-0.2, 0) is 9.47 Å². The predicted molar refractivity (Wildman–Crippen MR) is 53.0 cm³/mol. The maximum Gasteiger partial charge on any atom is 0.297 e. The van der Waals surface area contributed by atoms with Crippen molar-refractivity contribution < 1.29 is 19.7 Å². The third-order valence-corrected chi connectivity index (χ3v) is 3.01. The van der Waals surface area contributed by atoms with E-state index in [1.54, 1.807) is 11.0 Å². The number of hydrogen-bond donors (Lipinski definition) is 3. The molecule has 1 unspecified atom stereocenters. The van der Waals surface area contributed by atoms with Gasteiger partial charge in [-0.3, -0.25) is 4.90 Å². The topological polar surface area (TPSA) is 101 Å². The zero-order valence-electron chi connectivity index (χ0n) is 8.48. The first-order valence-corrected chi connectivity index (χ1v) is 5.12. The second-order valence-corrected chi connectivity index (χ2v) is 4.00. The lowest BCUT2D eigenvalue weighted by atomic mass is 10.1. The molecule has 0 spiro atoms. The highest BCUT2D eigenvalue weighted by Crippen LogP contribution is 2.33. The maximum absolute atomic E-state index is 9.83. The van der Waals surface area contributed by atoms with Crippen molar-refractivity contribution in [3.63, 3.8) is 0 Å². The molecule has 0 aromatic carbocycles. The smallest absolute Gasteiger partial charge is 0.297 e. The quantitative estimate of drug-likeness (QED) is 0.476. The summed E-state index contributed by atoms with van der Waals surface area (Å²) in [5, 5.41) is 18.8. The van der Waals surface area contributed by atoms with Gasteiger partial charge in [-0.1, -0.05) is 0 Å². The fourth-order valence-electron chi connectivity index (χ4n) is 2.17. The molecule has 3 rings (SSSR count). The highest BCUT2D eigenvalue weighted by molar-refractivity contribution is 5.78. The summed E-state index contributed by atoms with van der Waals surface area (Å²) in [7, 11) is 0. The summed E-state index contributed by atoms with van der Waals surface area (Å²) in [5.41, 5.74) is 5.55. The second-order valence-electron chi connectivity index (χ2n) is 4.00. The number of nitrogens with zero attached hydrogens (tertiary/aromatic N) is 2. The van der Waals surface area contributed by atoms with Gasteiger partial charge in [0.15, 0.2) is 12.3 Å². The normalized spacial score (nSPS) is 41.0. The van der Waals surface area contributed by atoms with Gasteiger partial charge in [0.25, 0.3) is 6.02 Å². The molecule has 7 heteroatoms. The van der Waals surface area contributed by atoms with Crippen molar-refractivity contribution in [3.05, 3.63) is 11.9 Å². The maximum atomic E-state index is 9.83. The zero-order valence-corrected chi connectivity index (χ0v) is 8.48. The summed E-state index contributed by atoms with van der Waals surface area (Å²) in [6.07, 6.45) is -0.591. The first-order chi connectivity index (χ1) is 7.70. The highest BCUT2D eigenvalue weighted by atomic mass is 16.6. The van der Waals surface area contributed by atoms with Gasteiger partial charge < -0.3 is 25.4 Å². The molecule has 0 aromatic heterocycles. The van der Waals surface area contributed by atoms with Crippen LogP contribution < -0.4 is 5.73 Å². The SMILES string of the molecule is NC1=CCN2C(=N1)OC1[C@@H](O)[C@@H](CO)O[C@H]12. The largest absolute Gasteiger partial charge is 0.454 e. The van der Waals surface area contributed by atoms with Crippen molar-refractivity contribution in [1.29, 1.82) is 0 Å². The van der Waals surface area contributed by atoms with Gasteiger partial charge in [-0.15, -0.1) is 0 Å². The van der Waals surface area contributed by atoms with Gasteiger partial charge in [0.05, 0.1) is 6.61 Å². The van der Waals surface area contributed by atoms with E-state index in [1.807, 2.05) is 0 Å². The van der Waals surface area contributed by atoms with Crippen molar-refractivity contribution in [1.82, 2.24) is 4.90 Å². The van der Waals surface area contributed by atoms with Crippen LogP contribution in [-0.4, -0.2) is 58.8 Å². The molecule has 16 heavy (non-hydrogen) atoms. The number of amidine groups is 1. The number of hydrogen-bond acceptors (Lipinski definition) is 7. The number of ether oxygens (including phenoxy) is 2. The summed E-state index contributed by atoms with van der Waals surface area (Å²) in [6.45, 7) is 0.312. The Hall–Kier alpha value is -1.31. The van der Waals surface area contributed by atoms with E-state index in [0.717, 1.165) is 0 Å². The Morgan fingerprint density at radius 1 is 1.62 bits per heavy atom. The van der Waals surface area contributed by atoms with E-state index in [-0.39, 0.29) is 6.61 Å². The number of rotatable bonds is 1. The molecule has 0 saturated carbocycles. The molecule has 0 aromatic rings. The lowest BCUT2D eigenvalue weighted by molar-refractivity contribution is -0.0542. The number of aliphatic imine (C=N–C) groups is 1. The van der Waals surface area contributed by atoms with E-state index < -0.39 is 24.5 Å². The molecule has 4 atom stereocenters. The first-order valence-electron chi connectivity index (χ1n) is 5.12. The number of nitrogens with two attached hydrogens (primary N) is 1. The summed E-state index contributed by atoms with van der Waals surface area (Å²) in [4.78, 5) is 5.80. The predicted octanol–water partition coefficient (Wildman–Crippen LogP) is -2.06. The minimum absolute atomic E-state index is 0.226. The van der Waals surface area contributed by atoms with Crippen molar-refractivity contribution in [3.8, 4) is 0 Å². The van der Waals surface area contributed by atoms with E-state index in [1.165, 1.54) is 0 Å². The van der Waals surface area contributed by atoms with Crippen LogP contribution in [0.2, 0.25) is 0 Å². The fourth-order valence-corrected chi connectivity index (χ4v) is 2.17. The Bertz CT molecular complexity index is 370. The van der Waals surface area contributed by atoms with E-state index in [2.05, 4.69) is 4.99 Å². The van der Waals surface area contributed by atoms with E-state index >= 15 is 0 Å². The van der Waals surface area contributed by atoms with Crippen molar-refractivity contribution in [2.24, 2.45) is 10.7 Å². The van der Waals surface area contributed by atoms with Gasteiger partial charge >= 0.3 is 0 Å². The Balaban J connectivity index is 1.84. The standard InChI is InChI=1S/C9H13N3O4/c10-5-1-2-12-8-7(16-9(12)11-5)6(14)4(3-13)15-8/h1,4,6-8,13-14H,2-3,10H2/t4-,6+,7?,8-/m1/s1. The summed E-state index contributed by atoms with van der Waals surface area (Å²) in [6, 6.07) is 0.380. The van der Waals surface area contributed by atoms with Crippen LogP contribution >= 0.6 is 0 Å². The lowest BCUT2D eigenvalue weighted by Crippen LogP contribution is -2.38. The number of fused-ring (bicyclic) bond motifs is 3. The molecule has 0 amide bonds. The third-order valence-electron chi connectivity index (χ3n) is 3.01. The van der Waals surface area contributed by atoms with Gasteiger partial charge in [-0.25, -0.2) is 0 Å². The van der Waals surface area contributed by atoms with Gasteiger partial charge in [-0.05, 0) is 6.08 Å². The van der Waals surface area contributed by atoms with Crippen molar-refractivity contribution in [2.75, 3.05) is 13.2 Å². The van der Waals surface area contributed by atoms with Gasteiger partial charge in [0.2, 0.25) is 0 Å². The van der Waals surface area contributed by atoms with E-state index in [4.69, 9.17) is 20.3 Å². The molecule has 4 N–H and O–H groups in total. The van der Waals surface area contributed by atoms with E-state index in [9.17, 15) is 5.11 Å². The fraction of sp³-hybridized carbons (Fsp3) is 0.667. The van der Waals surface area contributed by atoms with Gasteiger partial charge in [0.1, 0.15) is 18.0 Å². The van der Waals surface area contributed by atoms with Gasteiger partial charge in [-0.2, -0.15) is 4.99 Å². The van der Waals surface area contributed by atoms with Crippen LogP contribution in [0, 0.1) is 0 Å². The molecule has 88 valence electrons. The minimum atomic E-state index is -0.843. The minimum Gasteiger partial charge on any atom is -0.454 e. The molecule has 3 aliphatic heterocycles. The highest BCUT2D eigenvalue weighted by Gasteiger charge is 2.54. The molecule has 3 aliphatic rings. The third kappa shape index (κ3) is 1.22. The second kappa shape index (κ2) is 3.34. The van der Waals surface area contributed by atoms with Crippen LogP contribution in [0.1, 0.15) is 0 Å². The molecule has 7 nitrogen and oxygen atoms in total. The van der Waals surface area contributed by atoms with Crippen LogP contribution in [0.25, 0.3) is 0 Å².